The highest BCUT2D eigenvalue weighted by Gasteiger charge is 2.27. The summed E-state index contributed by atoms with van der Waals surface area (Å²) in [6.07, 6.45) is 1.34. The minimum absolute atomic E-state index is 0.0760. The van der Waals surface area contributed by atoms with Crippen molar-refractivity contribution in [2.24, 2.45) is 0 Å². The summed E-state index contributed by atoms with van der Waals surface area (Å²) in [5.41, 5.74) is 1.19. The van der Waals surface area contributed by atoms with Crippen molar-refractivity contribution in [1.82, 2.24) is 20.2 Å². The van der Waals surface area contributed by atoms with Crippen LogP contribution in [0.1, 0.15) is 11.7 Å². The molecule has 0 spiro atoms. The first-order chi connectivity index (χ1) is 7.34. The standard InChI is InChI=1S/C9H7FN4O/c10-8-3-6(14-5-11-12-13-14)1-2-7(8)9-4-15-9/h1-3,5,9H,4H2/t9-/m1/s1. The predicted molar refractivity (Wildman–Crippen MR) is 47.8 cm³/mol. The van der Waals surface area contributed by atoms with E-state index >= 15 is 0 Å². The van der Waals surface area contributed by atoms with Crippen LogP contribution in [0.3, 0.4) is 0 Å². The van der Waals surface area contributed by atoms with E-state index in [1.807, 2.05) is 0 Å². The molecule has 1 fully saturated rings. The Hall–Kier alpha value is -1.82. The fourth-order valence-electron chi connectivity index (χ4n) is 1.43. The molecular formula is C9H7FN4O. The lowest BCUT2D eigenvalue weighted by atomic mass is 10.1. The number of tetrazole rings is 1. The molecule has 6 heteroatoms. The molecule has 0 amide bonds. The van der Waals surface area contributed by atoms with Crippen molar-refractivity contribution in [3.05, 3.63) is 35.9 Å². The maximum Gasteiger partial charge on any atom is 0.143 e. The van der Waals surface area contributed by atoms with E-state index in [1.54, 1.807) is 12.1 Å². The molecule has 0 saturated carbocycles. The van der Waals surface area contributed by atoms with Crippen LogP contribution in [0.15, 0.2) is 24.5 Å². The first kappa shape index (κ1) is 8.49. The van der Waals surface area contributed by atoms with Crippen LogP contribution in [0.25, 0.3) is 5.69 Å². The molecule has 1 aromatic heterocycles. The maximum atomic E-state index is 13.6. The number of aromatic nitrogens is 4. The van der Waals surface area contributed by atoms with Gasteiger partial charge >= 0.3 is 0 Å². The van der Waals surface area contributed by atoms with Crippen LogP contribution in [0, 0.1) is 5.82 Å². The van der Waals surface area contributed by atoms with Crippen LogP contribution in [0.2, 0.25) is 0 Å². The van der Waals surface area contributed by atoms with Crippen LogP contribution < -0.4 is 0 Å². The zero-order valence-electron chi connectivity index (χ0n) is 7.67. The summed E-state index contributed by atoms with van der Waals surface area (Å²) in [6, 6.07) is 4.86. The lowest BCUT2D eigenvalue weighted by Gasteiger charge is -2.02. The molecule has 0 radical (unpaired) electrons. The van der Waals surface area contributed by atoms with Gasteiger partial charge < -0.3 is 4.74 Å². The molecule has 5 nitrogen and oxygen atoms in total. The van der Waals surface area contributed by atoms with Crippen LogP contribution in [0.4, 0.5) is 4.39 Å². The van der Waals surface area contributed by atoms with Crippen molar-refractivity contribution < 1.29 is 9.13 Å². The number of hydrogen-bond donors (Lipinski definition) is 0. The molecule has 1 saturated heterocycles. The monoisotopic (exact) mass is 206 g/mol. The Balaban J connectivity index is 2.01. The quantitative estimate of drug-likeness (QED) is 0.684. The van der Waals surface area contributed by atoms with Crippen LogP contribution >= 0.6 is 0 Å². The van der Waals surface area contributed by atoms with Crippen LogP contribution in [0.5, 0.6) is 0 Å². The second-order valence-corrected chi connectivity index (χ2v) is 3.28. The predicted octanol–water partition coefficient (Wildman–Crippen LogP) is 0.873. The number of halogens is 1. The third kappa shape index (κ3) is 1.48. The number of benzene rings is 1. The van der Waals surface area contributed by atoms with Gasteiger partial charge in [0.1, 0.15) is 18.2 Å². The summed E-state index contributed by atoms with van der Waals surface area (Å²) in [5.74, 6) is -0.287. The SMILES string of the molecule is Fc1cc(-n2cnnn2)ccc1[C@H]1CO1. The fourth-order valence-corrected chi connectivity index (χ4v) is 1.43. The van der Waals surface area contributed by atoms with Gasteiger partial charge in [-0.25, -0.2) is 9.07 Å². The Morgan fingerprint density at radius 3 is 2.93 bits per heavy atom. The zero-order chi connectivity index (χ0) is 10.3. The molecule has 0 bridgehead atoms. The molecule has 0 N–H and O–H groups in total. The molecule has 3 rings (SSSR count). The van der Waals surface area contributed by atoms with Gasteiger partial charge in [0.05, 0.1) is 12.3 Å². The molecule has 1 atom stereocenters. The third-order valence-electron chi connectivity index (χ3n) is 2.28. The van der Waals surface area contributed by atoms with Crippen molar-refractivity contribution in [2.45, 2.75) is 6.10 Å². The average molecular weight is 206 g/mol. The summed E-state index contributed by atoms with van der Waals surface area (Å²) in [5, 5.41) is 10.6. The van der Waals surface area contributed by atoms with Crippen molar-refractivity contribution in [1.29, 1.82) is 0 Å². The Morgan fingerprint density at radius 2 is 2.33 bits per heavy atom. The zero-order valence-corrected chi connectivity index (χ0v) is 7.67. The molecular weight excluding hydrogens is 199 g/mol. The van der Waals surface area contributed by atoms with Crippen molar-refractivity contribution in [3.8, 4) is 5.69 Å². The van der Waals surface area contributed by atoms with Gasteiger partial charge in [-0.2, -0.15) is 0 Å². The number of nitrogens with zero attached hydrogens (tertiary/aromatic N) is 4. The van der Waals surface area contributed by atoms with Gasteiger partial charge in [0.25, 0.3) is 0 Å². The second kappa shape index (κ2) is 3.09. The van der Waals surface area contributed by atoms with E-state index in [9.17, 15) is 4.39 Å². The Labute approximate surface area is 84.5 Å². The van der Waals surface area contributed by atoms with Gasteiger partial charge in [-0.05, 0) is 16.5 Å². The van der Waals surface area contributed by atoms with E-state index in [0.29, 0.717) is 17.9 Å². The van der Waals surface area contributed by atoms with Crippen molar-refractivity contribution >= 4 is 0 Å². The smallest absolute Gasteiger partial charge is 0.143 e. The van der Waals surface area contributed by atoms with Gasteiger partial charge in [0.2, 0.25) is 0 Å². The first-order valence-electron chi connectivity index (χ1n) is 4.49. The van der Waals surface area contributed by atoms with E-state index in [4.69, 9.17) is 4.74 Å². The summed E-state index contributed by atoms with van der Waals surface area (Å²) in [4.78, 5) is 0. The molecule has 2 aromatic rings. The van der Waals surface area contributed by atoms with E-state index in [2.05, 4.69) is 15.5 Å². The summed E-state index contributed by atoms with van der Waals surface area (Å²) in [7, 11) is 0. The highest BCUT2D eigenvalue weighted by molar-refractivity contribution is 5.36. The van der Waals surface area contributed by atoms with Crippen LogP contribution in [-0.2, 0) is 4.74 Å². The second-order valence-electron chi connectivity index (χ2n) is 3.28. The molecule has 1 aromatic carbocycles. The number of ether oxygens (including phenoxy) is 1. The van der Waals surface area contributed by atoms with Crippen LogP contribution in [-0.4, -0.2) is 26.8 Å². The lowest BCUT2D eigenvalue weighted by Crippen LogP contribution is -1.97. The highest BCUT2D eigenvalue weighted by atomic mass is 19.1. The molecule has 0 unspecified atom stereocenters. The lowest BCUT2D eigenvalue weighted by molar-refractivity contribution is 0.408. The summed E-state index contributed by atoms with van der Waals surface area (Å²) >= 11 is 0. The number of rotatable bonds is 2. The average Bonchev–Trinajstić information content (AvgIpc) is 2.93. The maximum absolute atomic E-state index is 13.6. The Morgan fingerprint density at radius 1 is 1.47 bits per heavy atom. The fraction of sp³-hybridized carbons (Fsp3) is 0.222. The van der Waals surface area contributed by atoms with Crippen molar-refractivity contribution in [2.75, 3.05) is 6.61 Å². The highest BCUT2D eigenvalue weighted by Crippen LogP contribution is 2.32. The summed E-state index contributed by atoms with van der Waals surface area (Å²) in [6.45, 7) is 0.598. The van der Waals surface area contributed by atoms with E-state index in [1.165, 1.54) is 17.1 Å². The minimum atomic E-state index is -0.287. The first-order valence-corrected chi connectivity index (χ1v) is 4.49. The molecule has 1 aliphatic rings. The van der Waals surface area contributed by atoms with Gasteiger partial charge in [0, 0.05) is 11.6 Å². The molecule has 15 heavy (non-hydrogen) atoms. The van der Waals surface area contributed by atoms with E-state index in [0.717, 1.165) is 0 Å². The number of epoxide rings is 1. The summed E-state index contributed by atoms with van der Waals surface area (Å²) < 4.78 is 20.0. The largest absolute Gasteiger partial charge is 0.368 e. The van der Waals surface area contributed by atoms with E-state index in [-0.39, 0.29) is 11.9 Å². The topological polar surface area (TPSA) is 56.1 Å². The van der Waals surface area contributed by atoms with Gasteiger partial charge in [0.15, 0.2) is 0 Å². The van der Waals surface area contributed by atoms with Gasteiger partial charge in [-0.3, -0.25) is 0 Å². The molecule has 0 aliphatic carbocycles. The molecule has 2 heterocycles. The number of hydrogen-bond acceptors (Lipinski definition) is 4. The van der Waals surface area contributed by atoms with Crippen molar-refractivity contribution in [3.63, 3.8) is 0 Å². The molecule has 76 valence electrons. The third-order valence-corrected chi connectivity index (χ3v) is 2.28. The van der Waals surface area contributed by atoms with Gasteiger partial charge in [-0.1, -0.05) is 6.07 Å². The minimum Gasteiger partial charge on any atom is -0.368 e. The normalized spacial score (nSPS) is 19.1. The van der Waals surface area contributed by atoms with E-state index < -0.39 is 0 Å². The Kier molecular flexibility index (Phi) is 1.75. The van der Waals surface area contributed by atoms with Gasteiger partial charge in [-0.15, -0.1) is 5.10 Å². The Bertz CT molecular complexity index is 481. The molecule has 1 aliphatic heterocycles.